The third-order valence-electron chi connectivity index (χ3n) is 7.64. The molecular weight excluding hydrogens is 507 g/mol. The van der Waals surface area contributed by atoms with Gasteiger partial charge in [0.2, 0.25) is 0 Å². The minimum Gasteiger partial charge on any atom is -0.294 e. The van der Waals surface area contributed by atoms with E-state index in [0.29, 0.717) is 46.5 Å². The molecule has 204 valence electrons. The molecule has 1 aromatic heterocycles. The topological polar surface area (TPSA) is 79.4 Å². The van der Waals surface area contributed by atoms with Crippen LogP contribution < -0.4 is 5.43 Å². The molecule has 0 atom stereocenters. The number of carbonyl (C=O) groups excluding carboxylic acids is 3. The van der Waals surface area contributed by atoms with Crippen molar-refractivity contribution in [1.29, 1.82) is 0 Å². The van der Waals surface area contributed by atoms with E-state index in [2.05, 4.69) is 10.4 Å². The van der Waals surface area contributed by atoms with Crippen molar-refractivity contribution >= 4 is 17.5 Å². The van der Waals surface area contributed by atoms with E-state index in [1.165, 1.54) is 24.5 Å². The monoisotopic (exact) mass is 537 g/mol. The number of hydrazine groups is 1. The van der Waals surface area contributed by atoms with Crippen LogP contribution in [0.25, 0.3) is 0 Å². The Morgan fingerprint density at radius 2 is 1.33 bits per heavy atom. The summed E-state index contributed by atoms with van der Waals surface area (Å²) in [6.45, 7) is 7.85. The summed E-state index contributed by atoms with van der Waals surface area (Å²) >= 11 is 0. The van der Waals surface area contributed by atoms with Crippen LogP contribution in [0.15, 0.2) is 71.3 Å². The van der Waals surface area contributed by atoms with E-state index in [0.717, 1.165) is 12.1 Å². The Morgan fingerprint density at radius 1 is 0.846 bits per heavy atom. The molecule has 1 aromatic carbocycles. The number of ketones is 2. The van der Waals surface area contributed by atoms with Gasteiger partial charge in [0.1, 0.15) is 0 Å². The van der Waals surface area contributed by atoms with Crippen molar-refractivity contribution in [2.24, 2.45) is 10.8 Å². The molecule has 0 radical (unpaired) electrons. The highest BCUT2D eigenvalue weighted by atomic mass is 19.4. The third-order valence-corrected chi connectivity index (χ3v) is 7.64. The van der Waals surface area contributed by atoms with Gasteiger partial charge in [-0.25, -0.2) is 0 Å². The molecule has 1 aliphatic heterocycles. The lowest BCUT2D eigenvalue weighted by Gasteiger charge is -2.48. The van der Waals surface area contributed by atoms with Gasteiger partial charge in [-0.1, -0.05) is 39.8 Å². The van der Waals surface area contributed by atoms with Crippen molar-refractivity contribution in [2.45, 2.75) is 65.5 Å². The Balaban J connectivity index is 1.71. The van der Waals surface area contributed by atoms with E-state index in [1.54, 1.807) is 17.1 Å². The molecule has 39 heavy (non-hydrogen) atoms. The highest BCUT2D eigenvalue weighted by molar-refractivity contribution is 6.07. The Labute approximate surface area is 225 Å². The number of carbonyl (C=O) groups is 3. The van der Waals surface area contributed by atoms with Crippen LogP contribution in [0.4, 0.5) is 13.2 Å². The second-order valence-electron chi connectivity index (χ2n) is 12.2. The smallest absolute Gasteiger partial charge is 0.294 e. The summed E-state index contributed by atoms with van der Waals surface area (Å²) in [7, 11) is 0. The number of amides is 1. The zero-order valence-electron chi connectivity index (χ0n) is 22.3. The van der Waals surface area contributed by atoms with Gasteiger partial charge in [-0.05, 0) is 53.5 Å². The number of rotatable bonds is 3. The van der Waals surface area contributed by atoms with Crippen molar-refractivity contribution in [3.63, 3.8) is 0 Å². The molecule has 3 aliphatic rings. The van der Waals surface area contributed by atoms with Crippen LogP contribution in [0.5, 0.6) is 0 Å². The van der Waals surface area contributed by atoms with Gasteiger partial charge in [0.05, 0.1) is 5.56 Å². The number of Topliss-reactive ketones (excluding diaryl/α,β-unsaturated/α-hetero) is 2. The molecule has 0 saturated carbocycles. The summed E-state index contributed by atoms with van der Waals surface area (Å²) in [6, 6.07) is 7.83. The van der Waals surface area contributed by atoms with Crippen molar-refractivity contribution in [1.82, 2.24) is 15.4 Å². The lowest BCUT2D eigenvalue weighted by Crippen LogP contribution is -2.50. The van der Waals surface area contributed by atoms with Gasteiger partial charge >= 0.3 is 6.18 Å². The first-order chi connectivity index (χ1) is 18.2. The van der Waals surface area contributed by atoms with Crippen LogP contribution >= 0.6 is 0 Å². The van der Waals surface area contributed by atoms with Crippen LogP contribution in [0.3, 0.4) is 0 Å². The number of allylic oxidation sites excluding steroid dienone is 4. The lowest BCUT2D eigenvalue weighted by molar-refractivity contribution is -0.137. The van der Waals surface area contributed by atoms with Crippen molar-refractivity contribution in [3.05, 3.63) is 88.0 Å². The van der Waals surface area contributed by atoms with Crippen LogP contribution in [0, 0.1) is 10.8 Å². The van der Waals surface area contributed by atoms with Gasteiger partial charge in [0.15, 0.2) is 11.6 Å². The van der Waals surface area contributed by atoms with E-state index in [9.17, 15) is 27.6 Å². The molecule has 0 bridgehead atoms. The lowest BCUT2D eigenvalue weighted by atomic mass is 9.64. The molecule has 0 spiro atoms. The number of hydrogen-bond acceptors (Lipinski definition) is 5. The molecule has 2 heterocycles. The average Bonchev–Trinajstić information content (AvgIpc) is 2.83. The minimum absolute atomic E-state index is 0.182. The summed E-state index contributed by atoms with van der Waals surface area (Å²) in [4.78, 5) is 44.8. The zero-order valence-corrected chi connectivity index (χ0v) is 22.3. The van der Waals surface area contributed by atoms with E-state index < -0.39 is 34.4 Å². The molecule has 9 heteroatoms. The number of benzene rings is 1. The van der Waals surface area contributed by atoms with Crippen molar-refractivity contribution in [2.75, 3.05) is 0 Å². The van der Waals surface area contributed by atoms with Gasteiger partial charge in [0, 0.05) is 59.3 Å². The highest BCUT2D eigenvalue weighted by Gasteiger charge is 2.49. The Hall–Kier alpha value is -3.75. The summed E-state index contributed by atoms with van der Waals surface area (Å²) < 4.78 is 40.0. The predicted octanol–water partition coefficient (Wildman–Crippen LogP) is 6.13. The number of alkyl halides is 3. The summed E-state index contributed by atoms with van der Waals surface area (Å²) in [5.41, 5.74) is 3.98. The second-order valence-corrected chi connectivity index (χ2v) is 12.2. The molecule has 6 nitrogen and oxygen atoms in total. The highest BCUT2D eigenvalue weighted by Crippen LogP contribution is 2.54. The Kier molecular flexibility index (Phi) is 6.31. The fourth-order valence-electron chi connectivity index (χ4n) is 5.97. The number of hydrogen-bond donors (Lipinski definition) is 1. The largest absolute Gasteiger partial charge is 0.416 e. The maximum absolute atomic E-state index is 13.7. The average molecular weight is 538 g/mol. The maximum Gasteiger partial charge on any atom is 0.416 e. The van der Waals surface area contributed by atoms with Crippen LogP contribution in [0.2, 0.25) is 0 Å². The Bertz CT molecular complexity index is 1370. The normalized spacial score (nSPS) is 21.1. The standard InChI is InChI=1S/C30H30F3N3O3/c1-28(2)13-20-25(22(37)15-28)24(17-5-7-19(8-6-17)30(31,32)33)26-21(14-29(3,4)16-23(26)38)36(20)35-27(39)18-9-11-34-12-10-18/h5-12,24H,13-16H2,1-4H3,(H,35,39). The first-order valence-electron chi connectivity index (χ1n) is 12.9. The molecule has 0 unspecified atom stereocenters. The molecular formula is C30H30F3N3O3. The van der Waals surface area contributed by atoms with Gasteiger partial charge in [-0.15, -0.1) is 0 Å². The molecule has 2 aromatic rings. The maximum atomic E-state index is 13.7. The van der Waals surface area contributed by atoms with E-state index in [-0.39, 0.29) is 24.4 Å². The van der Waals surface area contributed by atoms with E-state index >= 15 is 0 Å². The number of nitrogens with one attached hydrogen (secondary N) is 1. The van der Waals surface area contributed by atoms with Crippen LogP contribution in [-0.2, 0) is 15.8 Å². The third kappa shape index (κ3) is 5.02. The summed E-state index contributed by atoms with van der Waals surface area (Å²) in [5.74, 6) is -1.59. The summed E-state index contributed by atoms with van der Waals surface area (Å²) in [6.07, 6.45) is -0.193. The van der Waals surface area contributed by atoms with E-state index in [1.807, 2.05) is 27.7 Å². The van der Waals surface area contributed by atoms with Crippen LogP contribution in [-0.4, -0.2) is 27.5 Å². The minimum atomic E-state index is -4.51. The quantitative estimate of drug-likeness (QED) is 0.510. The molecule has 1 N–H and O–H groups in total. The fraction of sp³-hybridized carbons (Fsp3) is 0.400. The van der Waals surface area contributed by atoms with Gasteiger partial charge < -0.3 is 0 Å². The first kappa shape index (κ1) is 26.8. The van der Waals surface area contributed by atoms with Crippen LogP contribution in [0.1, 0.15) is 80.8 Å². The number of halogens is 3. The predicted molar refractivity (Wildman–Crippen MR) is 138 cm³/mol. The van der Waals surface area contributed by atoms with E-state index in [4.69, 9.17) is 0 Å². The number of nitrogens with zero attached hydrogens (tertiary/aromatic N) is 2. The fourth-order valence-corrected chi connectivity index (χ4v) is 5.97. The van der Waals surface area contributed by atoms with Crippen molar-refractivity contribution < 1.29 is 27.6 Å². The Morgan fingerprint density at radius 3 is 1.79 bits per heavy atom. The molecule has 1 amide bonds. The zero-order chi connectivity index (χ0) is 28.3. The number of aromatic nitrogens is 1. The molecule has 2 aliphatic carbocycles. The molecule has 0 fully saturated rings. The van der Waals surface area contributed by atoms with Gasteiger partial charge in [-0.3, -0.25) is 29.8 Å². The van der Waals surface area contributed by atoms with Gasteiger partial charge in [0.25, 0.3) is 5.91 Å². The summed E-state index contributed by atoms with van der Waals surface area (Å²) in [5, 5.41) is 1.62. The molecule has 5 rings (SSSR count). The molecule has 0 saturated heterocycles. The first-order valence-corrected chi connectivity index (χ1v) is 12.9. The van der Waals surface area contributed by atoms with Crippen molar-refractivity contribution in [3.8, 4) is 0 Å². The number of pyridine rings is 1. The SMILES string of the molecule is CC1(C)CC(=O)C2=C(C1)N(NC(=O)c1ccncc1)C1=C(C(=O)CC(C)(C)C1)C2c1ccc(C(F)(F)F)cc1. The second kappa shape index (κ2) is 9.17. The van der Waals surface area contributed by atoms with Gasteiger partial charge in [-0.2, -0.15) is 13.2 Å².